The predicted octanol–water partition coefficient (Wildman–Crippen LogP) is 4.98. The molecule has 0 fully saturated rings. The van der Waals surface area contributed by atoms with Crippen molar-refractivity contribution >= 4 is 27.5 Å². The van der Waals surface area contributed by atoms with E-state index in [1.807, 2.05) is 6.07 Å². The number of alkyl halides is 1. The van der Waals surface area contributed by atoms with Gasteiger partial charge in [-0.2, -0.15) is 0 Å². The fraction of sp³-hybridized carbons (Fsp3) is 0.200. The molecular formula is C15H13BrClFO2. The molecule has 20 heavy (non-hydrogen) atoms. The Labute approximate surface area is 130 Å². The van der Waals surface area contributed by atoms with Gasteiger partial charge >= 0.3 is 0 Å². The Morgan fingerprint density at radius 1 is 1.05 bits per heavy atom. The van der Waals surface area contributed by atoms with Crippen LogP contribution in [0.15, 0.2) is 36.4 Å². The summed E-state index contributed by atoms with van der Waals surface area (Å²) in [7, 11) is 3.03. The highest BCUT2D eigenvalue weighted by Gasteiger charge is 2.17. The van der Waals surface area contributed by atoms with E-state index in [1.54, 1.807) is 31.4 Å². The maximum atomic E-state index is 13.5. The predicted molar refractivity (Wildman–Crippen MR) is 81.7 cm³/mol. The summed E-state index contributed by atoms with van der Waals surface area (Å²) in [6.07, 6.45) is 0. The quantitative estimate of drug-likeness (QED) is 0.717. The molecule has 0 heterocycles. The minimum atomic E-state index is -0.394. The smallest absolute Gasteiger partial charge is 0.165 e. The topological polar surface area (TPSA) is 18.5 Å². The van der Waals surface area contributed by atoms with E-state index in [4.69, 9.17) is 21.1 Å². The molecule has 0 aliphatic carbocycles. The van der Waals surface area contributed by atoms with Crippen molar-refractivity contribution in [3.05, 3.63) is 58.4 Å². The Kier molecular flexibility index (Phi) is 4.89. The Morgan fingerprint density at radius 2 is 1.75 bits per heavy atom. The van der Waals surface area contributed by atoms with E-state index in [-0.39, 0.29) is 10.6 Å². The van der Waals surface area contributed by atoms with Crippen LogP contribution in [0.25, 0.3) is 0 Å². The summed E-state index contributed by atoms with van der Waals surface area (Å²) in [6, 6.07) is 10.1. The van der Waals surface area contributed by atoms with Crippen LogP contribution in [-0.4, -0.2) is 14.2 Å². The first-order valence-corrected chi connectivity index (χ1v) is 7.17. The van der Waals surface area contributed by atoms with Crippen molar-refractivity contribution < 1.29 is 13.9 Å². The maximum absolute atomic E-state index is 13.5. The second-order valence-corrected chi connectivity index (χ2v) is 5.49. The van der Waals surface area contributed by atoms with Crippen LogP contribution in [0.5, 0.6) is 11.5 Å². The molecule has 0 aliphatic heterocycles. The lowest BCUT2D eigenvalue weighted by atomic mass is 10.0. The normalized spacial score (nSPS) is 12.1. The van der Waals surface area contributed by atoms with Crippen molar-refractivity contribution in [1.82, 2.24) is 0 Å². The molecule has 0 saturated heterocycles. The van der Waals surface area contributed by atoms with Crippen LogP contribution < -0.4 is 9.47 Å². The summed E-state index contributed by atoms with van der Waals surface area (Å²) >= 11 is 9.62. The van der Waals surface area contributed by atoms with E-state index in [9.17, 15) is 4.39 Å². The van der Waals surface area contributed by atoms with Gasteiger partial charge in [0.1, 0.15) is 5.75 Å². The van der Waals surface area contributed by atoms with Crippen molar-refractivity contribution in [2.75, 3.05) is 14.2 Å². The molecular weight excluding hydrogens is 347 g/mol. The molecule has 106 valence electrons. The third-order valence-electron chi connectivity index (χ3n) is 2.93. The van der Waals surface area contributed by atoms with E-state index in [0.29, 0.717) is 10.8 Å². The molecule has 0 saturated carbocycles. The van der Waals surface area contributed by atoms with Crippen molar-refractivity contribution in [2.45, 2.75) is 4.83 Å². The first-order chi connectivity index (χ1) is 9.56. The summed E-state index contributed by atoms with van der Waals surface area (Å²) in [5.74, 6) is 0.515. The highest BCUT2D eigenvalue weighted by atomic mass is 79.9. The molecule has 1 atom stereocenters. The lowest BCUT2D eigenvalue weighted by Gasteiger charge is -2.16. The minimum absolute atomic E-state index is 0.175. The van der Waals surface area contributed by atoms with Gasteiger partial charge in [-0.1, -0.05) is 33.6 Å². The van der Waals surface area contributed by atoms with Gasteiger partial charge in [-0.25, -0.2) is 4.39 Å². The zero-order chi connectivity index (χ0) is 14.7. The molecule has 0 spiro atoms. The molecule has 0 aliphatic rings. The Balaban J connectivity index is 2.45. The van der Waals surface area contributed by atoms with Gasteiger partial charge in [-0.15, -0.1) is 0 Å². The van der Waals surface area contributed by atoms with E-state index < -0.39 is 5.82 Å². The van der Waals surface area contributed by atoms with Gasteiger partial charge in [0.25, 0.3) is 0 Å². The van der Waals surface area contributed by atoms with E-state index in [1.165, 1.54) is 13.2 Å². The molecule has 5 heteroatoms. The summed E-state index contributed by atoms with van der Waals surface area (Å²) in [5, 5.41) is 0.610. The third kappa shape index (κ3) is 3.07. The SMILES string of the molecule is COc1cc(C(Br)c2cc(Cl)ccc2OC)ccc1F. The van der Waals surface area contributed by atoms with Crippen LogP contribution in [0.3, 0.4) is 0 Å². The van der Waals surface area contributed by atoms with E-state index in [2.05, 4.69) is 15.9 Å². The largest absolute Gasteiger partial charge is 0.496 e. The van der Waals surface area contributed by atoms with Gasteiger partial charge in [0.05, 0.1) is 19.0 Å². The second kappa shape index (κ2) is 6.46. The van der Waals surface area contributed by atoms with Gasteiger partial charge in [0.2, 0.25) is 0 Å². The van der Waals surface area contributed by atoms with E-state index in [0.717, 1.165) is 11.1 Å². The molecule has 0 bridgehead atoms. The standard InChI is InChI=1S/C15H13BrClFO2/c1-19-13-6-4-10(17)8-11(13)15(16)9-3-5-12(18)14(7-9)20-2/h3-8,15H,1-2H3. The van der Waals surface area contributed by atoms with Crippen molar-refractivity contribution in [2.24, 2.45) is 0 Å². The first-order valence-electron chi connectivity index (χ1n) is 5.87. The van der Waals surface area contributed by atoms with Crippen LogP contribution in [-0.2, 0) is 0 Å². The van der Waals surface area contributed by atoms with Crippen LogP contribution >= 0.6 is 27.5 Å². The molecule has 2 nitrogen and oxygen atoms in total. The molecule has 2 rings (SSSR count). The monoisotopic (exact) mass is 358 g/mol. The fourth-order valence-electron chi connectivity index (χ4n) is 1.92. The zero-order valence-corrected chi connectivity index (χ0v) is 13.3. The summed E-state index contributed by atoms with van der Waals surface area (Å²) in [6.45, 7) is 0. The molecule has 2 aromatic carbocycles. The molecule has 2 aromatic rings. The second-order valence-electron chi connectivity index (χ2n) is 4.14. The number of benzene rings is 2. The third-order valence-corrected chi connectivity index (χ3v) is 4.19. The Bertz CT molecular complexity index is 619. The van der Waals surface area contributed by atoms with Gasteiger partial charge < -0.3 is 9.47 Å². The number of halogens is 3. The molecule has 0 aromatic heterocycles. The molecule has 1 unspecified atom stereocenters. The number of hydrogen-bond acceptors (Lipinski definition) is 2. The average molecular weight is 360 g/mol. The van der Waals surface area contributed by atoms with E-state index >= 15 is 0 Å². The van der Waals surface area contributed by atoms with Crippen molar-refractivity contribution in [3.63, 3.8) is 0 Å². The lowest BCUT2D eigenvalue weighted by molar-refractivity contribution is 0.386. The van der Waals surface area contributed by atoms with Gasteiger partial charge in [0.15, 0.2) is 11.6 Å². The highest BCUT2D eigenvalue weighted by molar-refractivity contribution is 9.09. The van der Waals surface area contributed by atoms with Crippen LogP contribution in [0.2, 0.25) is 5.02 Å². The van der Waals surface area contributed by atoms with Gasteiger partial charge in [-0.05, 0) is 35.9 Å². The Morgan fingerprint density at radius 3 is 2.40 bits per heavy atom. The lowest BCUT2D eigenvalue weighted by Crippen LogP contribution is -1.98. The summed E-state index contributed by atoms with van der Waals surface area (Å²) in [5.41, 5.74) is 1.72. The zero-order valence-electron chi connectivity index (χ0n) is 11.0. The minimum Gasteiger partial charge on any atom is -0.496 e. The first kappa shape index (κ1) is 15.1. The van der Waals surface area contributed by atoms with Crippen LogP contribution in [0, 0.1) is 5.82 Å². The van der Waals surface area contributed by atoms with Gasteiger partial charge in [0, 0.05) is 10.6 Å². The highest BCUT2D eigenvalue weighted by Crippen LogP contribution is 2.39. The summed E-state index contributed by atoms with van der Waals surface area (Å²) in [4.78, 5) is -0.175. The Hall–Kier alpha value is -1.26. The molecule has 0 amide bonds. The number of ether oxygens (including phenoxy) is 2. The van der Waals surface area contributed by atoms with Crippen molar-refractivity contribution in [1.29, 1.82) is 0 Å². The molecule has 0 N–H and O–H groups in total. The van der Waals surface area contributed by atoms with Crippen LogP contribution in [0.4, 0.5) is 4.39 Å². The van der Waals surface area contributed by atoms with Crippen LogP contribution in [0.1, 0.15) is 16.0 Å². The fourth-order valence-corrected chi connectivity index (χ4v) is 2.74. The number of methoxy groups -OCH3 is 2. The average Bonchev–Trinajstić information content (AvgIpc) is 2.47. The molecule has 0 radical (unpaired) electrons. The number of hydrogen-bond donors (Lipinski definition) is 0. The van der Waals surface area contributed by atoms with Gasteiger partial charge in [-0.3, -0.25) is 0 Å². The number of rotatable bonds is 4. The summed E-state index contributed by atoms with van der Waals surface area (Å²) < 4.78 is 23.8. The maximum Gasteiger partial charge on any atom is 0.165 e. The van der Waals surface area contributed by atoms with Crippen molar-refractivity contribution in [3.8, 4) is 11.5 Å².